The average Bonchev–Trinajstić information content (AvgIpc) is 3.45. The number of methoxy groups -OCH3 is 1. The van der Waals surface area contributed by atoms with Gasteiger partial charge in [-0.05, 0) is 37.3 Å². The molecule has 0 spiro atoms. The summed E-state index contributed by atoms with van der Waals surface area (Å²) in [6.07, 6.45) is 0.698. The topological polar surface area (TPSA) is 159 Å². The predicted molar refractivity (Wildman–Crippen MR) is 127 cm³/mol. The van der Waals surface area contributed by atoms with Crippen LogP contribution in [0.25, 0.3) is 0 Å². The maximum Gasteiger partial charge on any atom is 0.347 e. The van der Waals surface area contributed by atoms with E-state index < -0.39 is 30.6 Å². The molecule has 0 aliphatic carbocycles. The van der Waals surface area contributed by atoms with E-state index in [1.54, 1.807) is 42.2 Å². The number of H-pyrrole nitrogens is 1. The molecule has 1 amide bonds. The average molecular weight is 517 g/mol. The maximum atomic E-state index is 13.2. The number of rotatable bonds is 12. The Balaban J connectivity index is 1.57. The lowest BCUT2D eigenvalue weighted by atomic mass is 10.1. The van der Waals surface area contributed by atoms with Gasteiger partial charge in [0.05, 0.1) is 32.6 Å². The first-order valence-electron chi connectivity index (χ1n) is 11.5. The SMILES string of the molecule is CCOC(=O)CO/N=C(/C(=O)N1CCOC(COc2ccc(C(=O)CC(=O)OC)cc2)C1)c1ccn[nH]1. The highest BCUT2D eigenvalue weighted by Gasteiger charge is 2.29. The number of ether oxygens (including phenoxy) is 4. The van der Waals surface area contributed by atoms with Gasteiger partial charge in [0.25, 0.3) is 5.91 Å². The second-order valence-electron chi connectivity index (χ2n) is 7.74. The van der Waals surface area contributed by atoms with Crippen LogP contribution < -0.4 is 4.74 Å². The number of benzene rings is 1. The first-order valence-corrected chi connectivity index (χ1v) is 11.5. The van der Waals surface area contributed by atoms with E-state index in [-0.39, 0.29) is 44.3 Å². The molecule has 2 aromatic rings. The number of nitrogens with zero attached hydrogens (tertiary/aromatic N) is 3. The summed E-state index contributed by atoms with van der Waals surface area (Å²) in [7, 11) is 1.22. The summed E-state index contributed by atoms with van der Waals surface area (Å²) in [4.78, 5) is 54.6. The van der Waals surface area contributed by atoms with Crippen molar-refractivity contribution in [2.75, 3.05) is 46.6 Å². The molecular weight excluding hydrogens is 488 g/mol. The van der Waals surface area contributed by atoms with Crippen LogP contribution in [-0.2, 0) is 33.4 Å². The number of carbonyl (C=O) groups is 4. The van der Waals surface area contributed by atoms with Crippen molar-refractivity contribution in [3.8, 4) is 5.75 Å². The molecule has 13 nitrogen and oxygen atoms in total. The van der Waals surface area contributed by atoms with E-state index in [9.17, 15) is 19.2 Å². The minimum atomic E-state index is -0.606. The highest BCUT2D eigenvalue weighted by atomic mass is 16.7. The second-order valence-corrected chi connectivity index (χ2v) is 7.74. The number of aromatic nitrogens is 2. The van der Waals surface area contributed by atoms with Gasteiger partial charge in [0.15, 0.2) is 11.5 Å². The number of Topliss-reactive ketones (excluding diaryl/α,β-unsaturated/α-hetero) is 1. The van der Waals surface area contributed by atoms with Crippen LogP contribution in [0.1, 0.15) is 29.4 Å². The highest BCUT2D eigenvalue weighted by Crippen LogP contribution is 2.16. The Morgan fingerprint density at radius 2 is 1.95 bits per heavy atom. The van der Waals surface area contributed by atoms with E-state index in [1.807, 2.05) is 0 Å². The molecule has 198 valence electrons. The first kappa shape index (κ1) is 27.3. The Morgan fingerprint density at radius 1 is 1.16 bits per heavy atom. The van der Waals surface area contributed by atoms with E-state index in [0.717, 1.165) is 0 Å². The predicted octanol–water partition coefficient (Wildman–Crippen LogP) is 0.746. The summed E-state index contributed by atoms with van der Waals surface area (Å²) in [5.74, 6) is -1.51. The number of ketones is 1. The smallest absolute Gasteiger partial charge is 0.347 e. The molecule has 37 heavy (non-hydrogen) atoms. The summed E-state index contributed by atoms with van der Waals surface area (Å²) in [5, 5.41) is 10.4. The van der Waals surface area contributed by atoms with Crippen LogP contribution in [0.5, 0.6) is 5.75 Å². The lowest BCUT2D eigenvalue weighted by molar-refractivity contribution is -0.148. The summed E-state index contributed by atoms with van der Waals surface area (Å²) in [5.41, 5.74) is 0.643. The molecule has 1 saturated heterocycles. The van der Waals surface area contributed by atoms with E-state index in [1.165, 1.54) is 13.3 Å². The molecule has 1 aromatic carbocycles. The van der Waals surface area contributed by atoms with Crippen LogP contribution in [0.15, 0.2) is 41.7 Å². The van der Waals surface area contributed by atoms with Gasteiger partial charge in [-0.15, -0.1) is 0 Å². The number of esters is 2. The fraction of sp³-hybridized carbons (Fsp3) is 0.417. The van der Waals surface area contributed by atoms with Gasteiger partial charge in [0, 0.05) is 18.3 Å². The maximum absolute atomic E-state index is 13.2. The molecule has 0 radical (unpaired) electrons. The third-order valence-electron chi connectivity index (χ3n) is 5.17. The number of oxime groups is 1. The van der Waals surface area contributed by atoms with Crippen molar-refractivity contribution in [1.29, 1.82) is 0 Å². The zero-order chi connectivity index (χ0) is 26.6. The number of nitrogens with one attached hydrogen (secondary N) is 1. The Kier molecular flexibility index (Phi) is 10.1. The molecule has 1 aliphatic heterocycles. The van der Waals surface area contributed by atoms with Crippen molar-refractivity contribution in [3.63, 3.8) is 0 Å². The number of carbonyl (C=O) groups excluding carboxylic acids is 4. The zero-order valence-electron chi connectivity index (χ0n) is 20.5. The molecule has 1 atom stereocenters. The molecule has 13 heteroatoms. The van der Waals surface area contributed by atoms with Crippen molar-refractivity contribution in [1.82, 2.24) is 15.1 Å². The van der Waals surface area contributed by atoms with Gasteiger partial charge in [-0.1, -0.05) is 5.16 Å². The lowest BCUT2D eigenvalue weighted by Crippen LogP contribution is -2.50. The second kappa shape index (κ2) is 13.7. The Hall–Kier alpha value is -4.26. The number of aromatic amines is 1. The Bertz CT molecular complexity index is 1100. The number of morpholine rings is 1. The van der Waals surface area contributed by atoms with Crippen molar-refractivity contribution in [3.05, 3.63) is 47.8 Å². The summed E-state index contributed by atoms with van der Waals surface area (Å²) in [6.45, 7) is 2.40. The lowest BCUT2D eigenvalue weighted by Gasteiger charge is -2.32. The molecule has 0 bridgehead atoms. The fourth-order valence-corrected chi connectivity index (χ4v) is 3.33. The zero-order valence-corrected chi connectivity index (χ0v) is 20.5. The number of hydrogen-bond acceptors (Lipinski definition) is 11. The molecule has 2 heterocycles. The van der Waals surface area contributed by atoms with Crippen LogP contribution in [0.2, 0.25) is 0 Å². The van der Waals surface area contributed by atoms with E-state index in [2.05, 4.69) is 20.1 Å². The standard InChI is InChI=1S/C24H28N4O9/c1-3-34-22(31)15-37-27-23(19-8-9-25-26-19)24(32)28-10-11-35-18(13-28)14-36-17-6-4-16(5-7-17)20(29)12-21(30)33-2/h4-9,18H,3,10-15H2,1-2H3,(H,25,26)/b27-23+. The van der Waals surface area contributed by atoms with Gasteiger partial charge in [-0.2, -0.15) is 5.10 Å². The largest absolute Gasteiger partial charge is 0.491 e. The van der Waals surface area contributed by atoms with E-state index in [0.29, 0.717) is 23.6 Å². The molecule has 0 saturated carbocycles. The molecule has 3 rings (SSSR count). The number of hydrogen-bond donors (Lipinski definition) is 1. The van der Waals surface area contributed by atoms with Gasteiger partial charge in [0.2, 0.25) is 6.61 Å². The quantitative estimate of drug-likeness (QED) is 0.140. The van der Waals surface area contributed by atoms with Crippen LogP contribution in [-0.4, -0.2) is 97.2 Å². The fourth-order valence-electron chi connectivity index (χ4n) is 3.33. The third kappa shape index (κ3) is 8.14. The Labute approximate surface area is 212 Å². The normalized spacial score (nSPS) is 15.6. The van der Waals surface area contributed by atoms with Gasteiger partial charge in [-0.25, -0.2) is 4.79 Å². The van der Waals surface area contributed by atoms with Crippen molar-refractivity contribution < 1.29 is 43.0 Å². The number of amides is 1. The molecule has 1 aromatic heterocycles. The van der Waals surface area contributed by atoms with E-state index >= 15 is 0 Å². The van der Waals surface area contributed by atoms with Crippen molar-refractivity contribution >= 4 is 29.3 Å². The van der Waals surface area contributed by atoms with E-state index in [4.69, 9.17) is 19.0 Å². The van der Waals surface area contributed by atoms with Gasteiger partial charge in [-0.3, -0.25) is 19.5 Å². The van der Waals surface area contributed by atoms with Crippen LogP contribution in [0.3, 0.4) is 0 Å². The van der Waals surface area contributed by atoms with Crippen molar-refractivity contribution in [2.24, 2.45) is 5.16 Å². The minimum Gasteiger partial charge on any atom is -0.491 e. The molecule has 1 aliphatic rings. The van der Waals surface area contributed by atoms with Gasteiger partial charge >= 0.3 is 11.9 Å². The summed E-state index contributed by atoms with van der Waals surface area (Å²) < 4.78 is 20.8. The van der Waals surface area contributed by atoms with Gasteiger partial charge in [0.1, 0.15) is 24.9 Å². The Morgan fingerprint density at radius 3 is 2.62 bits per heavy atom. The van der Waals surface area contributed by atoms with Crippen LogP contribution in [0, 0.1) is 0 Å². The van der Waals surface area contributed by atoms with Crippen LogP contribution >= 0.6 is 0 Å². The van der Waals surface area contributed by atoms with Gasteiger partial charge < -0.3 is 28.7 Å². The molecule has 1 N–H and O–H groups in total. The van der Waals surface area contributed by atoms with Crippen LogP contribution in [0.4, 0.5) is 0 Å². The first-order chi connectivity index (χ1) is 17.9. The molecular formula is C24H28N4O9. The van der Waals surface area contributed by atoms with Crippen molar-refractivity contribution in [2.45, 2.75) is 19.4 Å². The monoisotopic (exact) mass is 516 g/mol. The highest BCUT2D eigenvalue weighted by molar-refractivity contribution is 6.44. The summed E-state index contributed by atoms with van der Waals surface area (Å²) >= 11 is 0. The molecule has 1 unspecified atom stereocenters. The third-order valence-corrected chi connectivity index (χ3v) is 5.17. The molecule has 1 fully saturated rings. The summed E-state index contributed by atoms with van der Waals surface area (Å²) in [6, 6.07) is 7.90. The minimum absolute atomic E-state index is 0.0458.